The van der Waals surface area contributed by atoms with Gasteiger partial charge in [0.1, 0.15) is 0 Å². The fourth-order valence-electron chi connectivity index (χ4n) is 2.46. The number of piperidine rings is 1. The molecule has 1 aromatic rings. The van der Waals surface area contributed by atoms with Crippen molar-refractivity contribution >= 4 is 5.97 Å². The number of methoxy groups -OCH3 is 1. The lowest BCUT2D eigenvalue weighted by atomic mass is 9.92. The molecule has 0 saturated carbocycles. The monoisotopic (exact) mass is 249 g/mol. The van der Waals surface area contributed by atoms with E-state index in [9.17, 15) is 9.90 Å². The van der Waals surface area contributed by atoms with Gasteiger partial charge in [0.2, 0.25) is 0 Å². The van der Waals surface area contributed by atoms with Crippen molar-refractivity contribution < 1.29 is 14.6 Å². The molecule has 0 unspecified atom stereocenters. The van der Waals surface area contributed by atoms with Gasteiger partial charge in [0.15, 0.2) is 5.60 Å². The van der Waals surface area contributed by atoms with Gasteiger partial charge in [-0.3, -0.25) is 4.90 Å². The number of aliphatic hydroxyl groups is 1. The van der Waals surface area contributed by atoms with Gasteiger partial charge >= 0.3 is 5.97 Å². The Labute approximate surface area is 107 Å². The Balaban J connectivity index is 2.01. The van der Waals surface area contributed by atoms with Gasteiger partial charge in [-0.15, -0.1) is 0 Å². The van der Waals surface area contributed by atoms with Crippen LogP contribution < -0.4 is 0 Å². The van der Waals surface area contributed by atoms with Crippen LogP contribution in [0.1, 0.15) is 18.4 Å². The topological polar surface area (TPSA) is 49.8 Å². The van der Waals surface area contributed by atoms with Gasteiger partial charge in [0, 0.05) is 13.1 Å². The van der Waals surface area contributed by atoms with E-state index in [-0.39, 0.29) is 0 Å². The third-order valence-electron chi connectivity index (χ3n) is 3.36. The Bertz CT molecular complexity index is 407. The minimum atomic E-state index is -1.35. The smallest absolute Gasteiger partial charge is 0.339 e. The Morgan fingerprint density at radius 2 is 2.17 bits per heavy atom. The third-order valence-corrected chi connectivity index (χ3v) is 3.36. The van der Waals surface area contributed by atoms with Crippen LogP contribution in [0.4, 0.5) is 0 Å². The number of esters is 1. The third kappa shape index (κ3) is 2.89. The fraction of sp³-hybridized carbons (Fsp3) is 0.500. The maximum Gasteiger partial charge on any atom is 0.339 e. The predicted molar refractivity (Wildman–Crippen MR) is 67.9 cm³/mol. The van der Waals surface area contributed by atoms with Gasteiger partial charge in [0.05, 0.1) is 7.11 Å². The van der Waals surface area contributed by atoms with Gasteiger partial charge in [-0.25, -0.2) is 4.79 Å². The van der Waals surface area contributed by atoms with Crippen molar-refractivity contribution in [3.8, 4) is 0 Å². The highest BCUT2D eigenvalue weighted by molar-refractivity contribution is 5.79. The zero-order valence-corrected chi connectivity index (χ0v) is 10.6. The second kappa shape index (κ2) is 5.50. The lowest BCUT2D eigenvalue weighted by Crippen LogP contribution is -2.53. The maximum absolute atomic E-state index is 11.6. The van der Waals surface area contributed by atoms with Crippen molar-refractivity contribution in [1.82, 2.24) is 4.90 Å². The van der Waals surface area contributed by atoms with Crippen LogP contribution in [-0.4, -0.2) is 41.8 Å². The minimum Gasteiger partial charge on any atom is -0.467 e. The highest BCUT2D eigenvalue weighted by Crippen LogP contribution is 2.23. The van der Waals surface area contributed by atoms with Crippen LogP contribution in [0.25, 0.3) is 0 Å². The van der Waals surface area contributed by atoms with Crippen molar-refractivity contribution in [2.75, 3.05) is 20.2 Å². The average Bonchev–Trinajstić information content (AvgIpc) is 2.39. The number of likely N-dealkylation sites (tertiary alicyclic amines) is 1. The Kier molecular flexibility index (Phi) is 3.99. The number of carbonyl (C=O) groups is 1. The van der Waals surface area contributed by atoms with Gasteiger partial charge in [-0.1, -0.05) is 30.3 Å². The number of hydrogen-bond donors (Lipinski definition) is 1. The molecule has 98 valence electrons. The standard InChI is InChI=1S/C14H19NO3/c1-18-13(16)14(17)8-5-9-15(11-14)10-12-6-3-2-4-7-12/h2-4,6-7,17H,5,8-11H2,1H3/t14-/m1/s1. The van der Waals surface area contributed by atoms with Crippen molar-refractivity contribution in [3.63, 3.8) is 0 Å². The number of carbonyl (C=O) groups excluding carboxylic acids is 1. The lowest BCUT2D eigenvalue weighted by molar-refractivity contribution is -0.168. The second-order valence-corrected chi connectivity index (χ2v) is 4.82. The summed E-state index contributed by atoms with van der Waals surface area (Å²) in [5.41, 5.74) is -0.159. The first-order valence-corrected chi connectivity index (χ1v) is 6.21. The highest BCUT2D eigenvalue weighted by Gasteiger charge is 2.41. The van der Waals surface area contributed by atoms with E-state index in [1.807, 2.05) is 30.3 Å². The van der Waals surface area contributed by atoms with E-state index >= 15 is 0 Å². The van der Waals surface area contributed by atoms with Gasteiger partial charge in [-0.2, -0.15) is 0 Å². The fourth-order valence-corrected chi connectivity index (χ4v) is 2.46. The number of hydrogen-bond acceptors (Lipinski definition) is 4. The molecular weight excluding hydrogens is 230 g/mol. The molecule has 0 bridgehead atoms. The first-order chi connectivity index (χ1) is 8.64. The Morgan fingerprint density at radius 3 is 2.83 bits per heavy atom. The Hall–Kier alpha value is -1.39. The van der Waals surface area contributed by atoms with Gasteiger partial charge in [-0.05, 0) is 24.9 Å². The molecule has 1 aromatic carbocycles. The molecule has 1 atom stereocenters. The van der Waals surface area contributed by atoms with Crippen molar-refractivity contribution in [2.24, 2.45) is 0 Å². The zero-order chi connectivity index (χ0) is 13.0. The van der Waals surface area contributed by atoms with Crippen LogP contribution in [0.2, 0.25) is 0 Å². The SMILES string of the molecule is COC(=O)[C@@]1(O)CCCN(Cc2ccccc2)C1. The molecule has 1 fully saturated rings. The first kappa shape index (κ1) is 13.1. The normalized spacial score (nSPS) is 24.8. The van der Waals surface area contributed by atoms with E-state index in [0.717, 1.165) is 19.5 Å². The van der Waals surface area contributed by atoms with E-state index < -0.39 is 11.6 Å². The molecule has 4 nitrogen and oxygen atoms in total. The molecule has 1 aliphatic heterocycles. The molecule has 1 N–H and O–H groups in total. The molecule has 0 radical (unpaired) electrons. The lowest BCUT2D eigenvalue weighted by Gasteiger charge is -2.37. The van der Waals surface area contributed by atoms with Crippen LogP contribution in [0, 0.1) is 0 Å². The number of ether oxygens (including phenoxy) is 1. The summed E-state index contributed by atoms with van der Waals surface area (Å²) in [7, 11) is 1.32. The summed E-state index contributed by atoms with van der Waals surface area (Å²) < 4.78 is 4.68. The predicted octanol–water partition coefficient (Wildman–Crippen LogP) is 1.19. The molecule has 0 aliphatic carbocycles. The zero-order valence-electron chi connectivity index (χ0n) is 10.6. The molecule has 18 heavy (non-hydrogen) atoms. The first-order valence-electron chi connectivity index (χ1n) is 6.21. The summed E-state index contributed by atoms with van der Waals surface area (Å²) in [6.45, 7) is 1.99. The van der Waals surface area contributed by atoms with E-state index in [1.54, 1.807) is 0 Å². The van der Waals surface area contributed by atoms with Gasteiger partial charge < -0.3 is 9.84 Å². The average molecular weight is 249 g/mol. The van der Waals surface area contributed by atoms with Crippen molar-refractivity contribution in [1.29, 1.82) is 0 Å². The number of benzene rings is 1. The quantitative estimate of drug-likeness (QED) is 0.817. The summed E-state index contributed by atoms with van der Waals surface area (Å²) in [6.07, 6.45) is 1.28. The van der Waals surface area contributed by atoms with Crippen LogP contribution >= 0.6 is 0 Å². The summed E-state index contributed by atoms with van der Waals surface area (Å²) >= 11 is 0. The largest absolute Gasteiger partial charge is 0.467 e. The summed E-state index contributed by atoms with van der Waals surface area (Å²) in [6, 6.07) is 10.1. The molecule has 0 amide bonds. The molecule has 4 heteroatoms. The van der Waals surface area contributed by atoms with Crippen LogP contribution in [-0.2, 0) is 16.1 Å². The van der Waals surface area contributed by atoms with Crippen molar-refractivity contribution in [2.45, 2.75) is 25.0 Å². The van der Waals surface area contributed by atoms with Crippen LogP contribution in [0.3, 0.4) is 0 Å². The Morgan fingerprint density at radius 1 is 1.44 bits per heavy atom. The number of rotatable bonds is 3. The number of nitrogens with zero attached hydrogens (tertiary/aromatic N) is 1. The van der Waals surface area contributed by atoms with Gasteiger partial charge in [0.25, 0.3) is 0 Å². The van der Waals surface area contributed by atoms with Crippen molar-refractivity contribution in [3.05, 3.63) is 35.9 Å². The molecule has 0 spiro atoms. The minimum absolute atomic E-state index is 0.342. The molecule has 1 saturated heterocycles. The van der Waals surface area contributed by atoms with E-state index in [0.29, 0.717) is 13.0 Å². The van der Waals surface area contributed by atoms with E-state index in [4.69, 9.17) is 0 Å². The highest BCUT2D eigenvalue weighted by atomic mass is 16.5. The molecule has 1 heterocycles. The molecule has 1 aliphatic rings. The summed E-state index contributed by atoms with van der Waals surface area (Å²) in [4.78, 5) is 13.7. The molecular formula is C14H19NO3. The molecule has 2 rings (SSSR count). The second-order valence-electron chi connectivity index (χ2n) is 4.82. The maximum atomic E-state index is 11.6. The van der Waals surface area contributed by atoms with Crippen LogP contribution in [0.5, 0.6) is 0 Å². The summed E-state index contributed by atoms with van der Waals surface area (Å²) in [5, 5.41) is 10.3. The van der Waals surface area contributed by atoms with Crippen LogP contribution in [0.15, 0.2) is 30.3 Å². The number of β-amino-alcohol motifs (C(OH)–C–C–N with tert-alkyl or cyclic N) is 1. The molecule has 0 aromatic heterocycles. The van der Waals surface area contributed by atoms with E-state index in [2.05, 4.69) is 9.64 Å². The van der Waals surface area contributed by atoms with E-state index in [1.165, 1.54) is 12.7 Å². The summed E-state index contributed by atoms with van der Waals surface area (Å²) in [5.74, 6) is -0.528.